The van der Waals surface area contributed by atoms with E-state index in [1.54, 1.807) is 43.1 Å². The zero-order valence-electron chi connectivity index (χ0n) is 9.75. The molecule has 0 saturated carbocycles. The van der Waals surface area contributed by atoms with Crippen molar-refractivity contribution in [2.24, 2.45) is 7.05 Å². The molecule has 0 saturated heterocycles. The van der Waals surface area contributed by atoms with E-state index in [9.17, 15) is 4.79 Å². The summed E-state index contributed by atoms with van der Waals surface area (Å²) in [5, 5.41) is 3.92. The van der Waals surface area contributed by atoms with Crippen LogP contribution in [-0.2, 0) is 13.5 Å². The molecule has 0 aliphatic carbocycles. The van der Waals surface area contributed by atoms with Gasteiger partial charge in [0.05, 0.1) is 13.5 Å². The molecule has 2 rings (SSSR count). The highest BCUT2D eigenvalue weighted by atomic mass is 16.5. The van der Waals surface area contributed by atoms with Gasteiger partial charge in [0.25, 0.3) is 0 Å². The van der Waals surface area contributed by atoms with Crippen LogP contribution >= 0.6 is 0 Å². The number of ether oxygens (including phenoxy) is 1. The van der Waals surface area contributed by atoms with E-state index < -0.39 is 0 Å². The zero-order chi connectivity index (χ0) is 12.3. The van der Waals surface area contributed by atoms with Crippen LogP contribution in [0.15, 0.2) is 30.6 Å². The molecule has 0 bridgehead atoms. The van der Waals surface area contributed by atoms with Gasteiger partial charge in [-0.2, -0.15) is 5.10 Å². The summed E-state index contributed by atoms with van der Waals surface area (Å²) < 4.78 is 6.63. The normalized spacial score (nSPS) is 10.2. The summed E-state index contributed by atoms with van der Waals surface area (Å²) in [7, 11) is 3.36. The zero-order valence-corrected chi connectivity index (χ0v) is 9.75. The molecule has 2 aromatic rings. The van der Waals surface area contributed by atoms with E-state index in [-0.39, 0.29) is 12.2 Å². The summed E-state index contributed by atoms with van der Waals surface area (Å²) in [6.45, 7) is 0. The van der Waals surface area contributed by atoms with Crippen molar-refractivity contribution in [1.29, 1.82) is 0 Å². The summed E-state index contributed by atoms with van der Waals surface area (Å²) >= 11 is 0. The summed E-state index contributed by atoms with van der Waals surface area (Å²) in [6, 6.07) is 7.03. The standard InChI is InChI=1S/C12H13N3O2/c1-15-12(13-8-14-15)7-11(16)9-3-5-10(17-2)6-4-9/h3-6,8H,7H2,1-2H3. The van der Waals surface area contributed by atoms with Gasteiger partial charge in [0.15, 0.2) is 5.78 Å². The third kappa shape index (κ3) is 2.50. The summed E-state index contributed by atoms with van der Waals surface area (Å²) in [5.74, 6) is 1.41. The second-order valence-electron chi connectivity index (χ2n) is 3.63. The van der Waals surface area contributed by atoms with E-state index in [1.165, 1.54) is 6.33 Å². The fourth-order valence-electron chi connectivity index (χ4n) is 1.50. The lowest BCUT2D eigenvalue weighted by molar-refractivity contribution is 0.0989. The Labute approximate surface area is 99.1 Å². The molecular weight excluding hydrogens is 218 g/mol. The third-order valence-electron chi connectivity index (χ3n) is 2.54. The van der Waals surface area contributed by atoms with Gasteiger partial charge in [-0.3, -0.25) is 9.48 Å². The number of rotatable bonds is 4. The van der Waals surface area contributed by atoms with Crippen molar-refractivity contribution in [2.45, 2.75) is 6.42 Å². The molecule has 0 atom stereocenters. The molecule has 0 radical (unpaired) electrons. The SMILES string of the molecule is COc1ccc(C(=O)Cc2ncnn2C)cc1. The molecule has 88 valence electrons. The quantitative estimate of drug-likeness (QED) is 0.743. The van der Waals surface area contributed by atoms with E-state index in [0.29, 0.717) is 11.4 Å². The predicted molar refractivity (Wildman–Crippen MR) is 62.0 cm³/mol. The molecule has 0 unspecified atom stereocenters. The average molecular weight is 231 g/mol. The first-order valence-electron chi connectivity index (χ1n) is 5.21. The topological polar surface area (TPSA) is 57.0 Å². The Balaban J connectivity index is 2.12. The van der Waals surface area contributed by atoms with Gasteiger partial charge in [-0.1, -0.05) is 0 Å². The van der Waals surface area contributed by atoms with Crippen LogP contribution in [0.5, 0.6) is 5.75 Å². The van der Waals surface area contributed by atoms with Crippen LogP contribution in [0, 0.1) is 0 Å². The molecule has 0 N–H and O–H groups in total. The minimum Gasteiger partial charge on any atom is -0.497 e. The second-order valence-corrected chi connectivity index (χ2v) is 3.63. The number of aryl methyl sites for hydroxylation is 1. The first-order valence-corrected chi connectivity index (χ1v) is 5.21. The van der Waals surface area contributed by atoms with Crippen molar-refractivity contribution in [1.82, 2.24) is 14.8 Å². The maximum atomic E-state index is 11.9. The van der Waals surface area contributed by atoms with Crippen LogP contribution in [-0.4, -0.2) is 27.7 Å². The summed E-state index contributed by atoms with van der Waals surface area (Å²) in [6.07, 6.45) is 1.69. The second kappa shape index (κ2) is 4.78. The largest absolute Gasteiger partial charge is 0.497 e. The Morgan fingerprint density at radius 1 is 1.35 bits per heavy atom. The van der Waals surface area contributed by atoms with Gasteiger partial charge in [-0.05, 0) is 24.3 Å². The number of carbonyl (C=O) groups excluding carboxylic acids is 1. The first-order chi connectivity index (χ1) is 8.20. The smallest absolute Gasteiger partial charge is 0.170 e. The number of hydrogen-bond donors (Lipinski definition) is 0. The number of Topliss-reactive ketones (excluding diaryl/α,β-unsaturated/α-hetero) is 1. The molecule has 1 aromatic heterocycles. The molecule has 1 aromatic carbocycles. The lowest BCUT2D eigenvalue weighted by Crippen LogP contribution is -2.09. The molecule has 1 heterocycles. The molecule has 5 nitrogen and oxygen atoms in total. The molecule has 0 amide bonds. The van der Waals surface area contributed by atoms with Crippen LogP contribution < -0.4 is 4.74 Å². The fraction of sp³-hybridized carbons (Fsp3) is 0.250. The number of ketones is 1. The van der Waals surface area contributed by atoms with E-state index in [2.05, 4.69) is 10.1 Å². The molecule has 0 aliphatic heterocycles. The number of aromatic nitrogens is 3. The number of methoxy groups -OCH3 is 1. The third-order valence-corrected chi connectivity index (χ3v) is 2.54. The number of carbonyl (C=O) groups is 1. The lowest BCUT2D eigenvalue weighted by atomic mass is 10.1. The maximum Gasteiger partial charge on any atom is 0.170 e. The van der Waals surface area contributed by atoms with E-state index >= 15 is 0 Å². The Kier molecular flexibility index (Phi) is 3.18. The van der Waals surface area contributed by atoms with Crippen LogP contribution in [0.2, 0.25) is 0 Å². The number of hydrogen-bond acceptors (Lipinski definition) is 4. The average Bonchev–Trinajstić information content (AvgIpc) is 2.75. The molecule has 0 spiro atoms. The molecule has 0 fully saturated rings. The van der Waals surface area contributed by atoms with Crippen molar-refractivity contribution < 1.29 is 9.53 Å². The number of benzene rings is 1. The van der Waals surface area contributed by atoms with Gasteiger partial charge >= 0.3 is 0 Å². The Morgan fingerprint density at radius 2 is 2.06 bits per heavy atom. The lowest BCUT2D eigenvalue weighted by Gasteiger charge is -2.02. The summed E-state index contributed by atoms with van der Waals surface area (Å²) in [5.41, 5.74) is 0.647. The Hall–Kier alpha value is -2.17. The van der Waals surface area contributed by atoms with Gasteiger partial charge in [-0.25, -0.2) is 4.98 Å². The van der Waals surface area contributed by atoms with Gasteiger partial charge in [0.1, 0.15) is 17.9 Å². The van der Waals surface area contributed by atoms with Gasteiger partial charge in [0, 0.05) is 12.6 Å². The Bertz CT molecular complexity index is 517. The van der Waals surface area contributed by atoms with E-state index in [0.717, 1.165) is 5.75 Å². The minimum absolute atomic E-state index is 0.0174. The summed E-state index contributed by atoms with van der Waals surface area (Å²) in [4.78, 5) is 16.0. The van der Waals surface area contributed by atoms with Crippen LogP contribution in [0.3, 0.4) is 0 Å². The highest BCUT2D eigenvalue weighted by Crippen LogP contribution is 2.12. The van der Waals surface area contributed by atoms with Crippen LogP contribution in [0.25, 0.3) is 0 Å². The van der Waals surface area contributed by atoms with Crippen molar-refractivity contribution in [3.05, 3.63) is 42.0 Å². The number of nitrogens with zero attached hydrogens (tertiary/aromatic N) is 3. The van der Waals surface area contributed by atoms with Crippen LogP contribution in [0.4, 0.5) is 0 Å². The van der Waals surface area contributed by atoms with Crippen molar-refractivity contribution in [3.63, 3.8) is 0 Å². The first kappa shape index (κ1) is 11.3. The van der Waals surface area contributed by atoms with Crippen molar-refractivity contribution >= 4 is 5.78 Å². The Morgan fingerprint density at radius 3 is 2.59 bits per heavy atom. The monoisotopic (exact) mass is 231 g/mol. The highest BCUT2D eigenvalue weighted by molar-refractivity contribution is 5.97. The van der Waals surface area contributed by atoms with E-state index in [4.69, 9.17) is 4.74 Å². The highest BCUT2D eigenvalue weighted by Gasteiger charge is 2.10. The minimum atomic E-state index is 0.0174. The van der Waals surface area contributed by atoms with Crippen molar-refractivity contribution in [2.75, 3.05) is 7.11 Å². The van der Waals surface area contributed by atoms with Gasteiger partial charge < -0.3 is 4.74 Å². The molecular formula is C12H13N3O2. The molecule has 0 aliphatic rings. The van der Waals surface area contributed by atoms with Gasteiger partial charge in [-0.15, -0.1) is 0 Å². The fourth-order valence-corrected chi connectivity index (χ4v) is 1.50. The van der Waals surface area contributed by atoms with Crippen LogP contribution in [0.1, 0.15) is 16.2 Å². The van der Waals surface area contributed by atoms with E-state index in [1.807, 2.05) is 0 Å². The predicted octanol–water partition coefficient (Wildman–Crippen LogP) is 1.25. The van der Waals surface area contributed by atoms with Crippen molar-refractivity contribution in [3.8, 4) is 5.75 Å². The van der Waals surface area contributed by atoms with Gasteiger partial charge in [0.2, 0.25) is 0 Å². The molecule has 5 heteroatoms. The molecule has 17 heavy (non-hydrogen) atoms. The maximum absolute atomic E-state index is 11.9.